The lowest BCUT2D eigenvalue weighted by Crippen LogP contribution is -2.24. The van der Waals surface area contributed by atoms with Gasteiger partial charge in [0.15, 0.2) is 0 Å². The third kappa shape index (κ3) is 13.0. The second kappa shape index (κ2) is 16.2. The normalized spacial score (nSPS) is 12.3. The number of unbranched alkanes of at least 4 members (excludes halogenated alkanes) is 1. The molecule has 0 unspecified atom stereocenters. The molecular formula is C32H54N4. The maximum atomic E-state index is 3.58. The Morgan fingerprint density at radius 3 is 1.06 bits per heavy atom. The molecule has 0 bridgehead atoms. The van der Waals surface area contributed by atoms with E-state index in [2.05, 4.69) is 111 Å². The highest BCUT2D eigenvalue weighted by Crippen LogP contribution is 2.23. The Morgan fingerprint density at radius 2 is 0.722 bits per heavy atom. The summed E-state index contributed by atoms with van der Waals surface area (Å²) in [7, 11) is 0. The van der Waals surface area contributed by atoms with Crippen LogP contribution in [0.2, 0.25) is 0 Å². The highest BCUT2D eigenvalue weighted by molar-refractivity contribution is 5.28. The summed E-state index contributed by atoms with van der Waals surface area (Å²) in [4.78, 5) is 0. The molecule has 0 heterocycles. The van der Waals surface area contributed by atoms with E-state index >= 15 is 0 Å². The first kappa shape index (κ1) is 30.5. The molecular weight excluding hydrogens is 440 g/mol. The average molecular weight is 495 g/mol. The Labute approximate surface area is 222 Å². The molecule has 4 heteroatoms. The predicted octanol–water partition coefficient (Wildman–Crippen LogP) is 5.90. The Hall–Kier alpha value is -1.72. The Bertz CT molecular complexity index is 742. The van der Waals surface area contributed by atoms with Gasteiger partial charge in [0.25, 0.3) is 0 Å². The number of hydrogen-bond acceptors (Lipinski definition) is 4. The van der Waals surface area contributed by atoms with Crippen LogP contribution in [0, 0.1) is 0 Å². The van der Waals surface area contributed by atoms with E-state index in [4.69, 9.17) is 0 Å². The monoisotopic (exact) mass is 494 g/mol. The van der Waals surface area contributed by atoms with E-state index < -0.39 is 0 Å². The summed E-state index contributed by atoms with van der Waals surface area (Å²) in [6.45, 7) is 22.0. The van der Waals surface area contributed by atoms with Crippen molar-refractivity contribution < 1.29 is 0 Å². The van der Waals surface area contributed by atoms with Gasteiger partial charge in [-0.05, 0) is 98.0 Å². The van der Waals surface area contributed by atoms with Gasteiger partial charge in [-0.25, -0.2) is 0 Å². The summed E-state index contributed by atoms with van der Waals surface area (Å²) in [5, 5.41) is 14.3. The molecule has 0 saturated carbocycles. The highest BCUT2D eigenvalue weighted by atomic mass is 14.9. The van der Waals surface area contributed by atoms with Crippen LogP contribution in [-0.2, 0) is 23.9 Å². The summed E-state index contributed by atoms with van der Waals surface area (Å²) in [6, 6.07) is 18.1. The molecule has 2 aromatic rings. The van der Waals surface area contributed by atoms with Gasteiger partial charge >= 0.3 is 0 Å². The van der Waals surface area contributed by atoms with E-state index in [1.54, 1.807) is 0 Å². The summed E-state index contributed by atoms with van der Waals surface area (Å²) in [6.07, 6.45) is 4.82. The largest absolute Gasteiger partial charge is 0.317 e. The van der Waals surface area contributed by atoms with E-state index in [-0.39, 0.29) is 10.8 Å². The second-order valence-electron chi connectivity index (χ2n) is 12.2. The minimum atomic E-state index is 0.227. The van der Waals surface area contributed by atoms with Crippen molar-refractivity contribution in [2.45, 2.75) is 91.1 Å². The molecule has 36 heavy (non-hydrogen) atoms. The topological polar surface area (TPSA) is 48.1 Å². The lowest BCUT2D eigenvalue weighted by atomic mass is 9.87. The van der Waals surface area contributed by atoms with Crippen LogP contribution in [0.5, 0.6) is 0 Å². The Balaban J connectivity index is 1.33. The molecule has 0 fully saturated rings. The second-order valence-corrected chi connectivity index (χ2v) is 12.2. The fraction of sp³-hybridized carbons (Fsp3) is 0.625. The van der Waals surface area contributed by atoms with E-state index in [9.17, 15) is 0 Å². The average Bonchev–Trinajstić information content (AvgIpc) is 2.83. The number of nitrogens with one attached hydrogen (secondary N) is 4. The van der Waals surface area contributed by atoms with Crippen LogP contribution >= 0.6 is 0 Å². The fourth-order valence-electron chi connectivity index (χ4n) is 4.14. The first-order valence-electron chi connectivity index (χ1n) is 14.2. The molecule has 0 aliphatic carbocycles. The van der Waals surface area contributed by atoms with Gasteiger partial charge < -0.3 is 21.3 Å². The summed E-state index contributed by atoms with van der Waals surface area (Å²) < 4.78 is 0. The summed E-state index contributed by atoms with van der Waals surface area (Å²) >= 11 is 0. The van der Waals surface area contributed by atoms with Crippen LogP contribution in [-0.4, -0.2) is 39.3 Å². The molecule has 4 nitrogen and oxygen atoms in total. The molecule has 0 aliphatic rings. The van der Waals surface area contributed by atoms with Gasteiger partial charge in [-0.15, -0.1) is 0 Å². The van der Waals surface area contributed by atoms with Crippen LogP contribution in [0.15, 0.2) is 48.5 Å². The van der Waals surface area contributed by atoms with Gasteiger partial charge in [-0.1, -0.05) is 90.1 Å². The maximum Gasteiger partial charge on any atom is 0.0205 e. The molecule has 2 rings (SSSR count). The minimum Gasteiger partial charge on any atom is -0.317 e. The van der Waals surface area contributed by atoms with E-state index in [1.807, 2.05) is 0 Å². The first-order chi connectivity index (χ1) is 17.2. The van der Waals surface area contributed by atoms with Crippen LogP contribution in [0.1, 0.15) is 89.5 Å². The lowest BCUT2D eigenvalue weighted by molar-refractivity contribution is 0.547. The lowest BCUT2D eigenvalue weighted by Gasteiger charge is -2.19. The molecule has 0 radical (unpaired) electrons. The molecule has 4 N–H and O–H groups in total. The van der Waals surface area contributed by atoms with Crippen molar-refractivity contribution in [1.29, 1.82) is 0 Å². The summed E-state index contributed by atoms with van der Waals surface area (Å²) in [5.41, 5.74) is 5.99. The van der Waals surface area contributed by atoms with Gasteiger partial charge in [-0.3, -0.25) is 0 Å². The van der Waals surface area contributed by atoms with Crippen molar-refractivity contribution in [1.82, 2.24) is 21.3 Å². The van der Waals surface area contributed by atoms with Crippen LogP contribution in [0.4, 0.5) is 0 Å². The molecule has 0 aliphatic heterocycles. The van der Waals surface area contributed by atoms with Crippen LogP contribution < -0.4 is 21.3 Å². The molecule has 0 amide bonds. The van der Waals surface area contributed by atoms with E-state index in [0.29, 0.717) is 0 Å². The highest BCUT2D eigenvalue weighted by Gasteiger charge is 2.13. The number of rotatable bonds is 17. The minimum absolute atomic E-state index is 0.227. The van der Waals surface area contributed by atoms with Crippen molar-refractivity contribution in [3.63, 3.8) is 0 Å². The van der Waals surface area contributed by atoms with Crippen molar-refractivity contribution in [3.8, 4) is 0 Å². The first-order valence-corrected chi connectivity index (χ1v) is 14.2. The summed E-state index contributed by atoms with van der Waals surface area (Å²) in [5.74, 6) is 0. The van der Waals surface area contributed by atoms with E-state index in [1.165, 1.54) is 47.9 Å². The van der Waals surface area contributed by atoms with Gasteiger partial charge in [0, 0.05) is 13.1 Å². The molecule has 0 saturated heterocycles. The fourth-order valence-corrected chi connectivity index (χ4v) is 4.14. The zero-order valence-electron chi connectivity index (χ0n) is 24.1. The van der Waals surface area contributed by atoms with Gasteiger partial charge in [0.05, 0.1) is 0 Å². The van der Waals surface area contributed by atoms with Gasteiger partial charge in [0.2, 0.25) is 0 Å². The Kier molecular flexibility index (Phi) is 13.7. The Morgan fingerprint density at radius 1 is 0.417 bits per heavy atom. The van der Waals surface area contributed by atoms with Crippen molar-refractivity contribution >= 4 is 0 Å². The zero-order valence-corrected chi connectivity index (χ0v) is 24.1. The third-order valence-corrected chi connectivity index (χ3v) is 6.67. The third-order valence-electron chi connectivity index (χ3n) is 6.67. The van der Waals surface area contributed by atoms with Gasteiger partial charge in [-0.2, -0.15) is 0 Å². The van der Waals surface area contributed by atoms with Gasteiger partial charge in [0.1, 0.15) is 0 Å². The quantitative estimate of drug-likeness (QED) is 0.207. The van der Waals surface area contributed by atoms with Crippen LogP contribution in [0.25, 0.3) is 0 Å². The van der Waals surface area contributed by atoms with Crippen molar-refractivity contribution in [2.24, 2.45) is 0 Å². The molecule has 0 aromatic heterocycles. The van der Waals surface area contributed by atoms with E-state index in [0.717, 1.165) is 52.4 Å². The van der Waals surface area contributed by atoms with Crippen molar-refractivity contribution in [3.05, 3.63) is 70.8 Å². The molecule has 0 spiro atoms. The predicted molar refractivity (Wildman–Crippen MR) is 158 cm³/mol. The SMILES string of the molecule is CC(C)(C)c1ccc(CNCCCNCCCCNCCCNCc2ccc(C(C)(C)C)cc2)cc1. The van der Waals surface area contributed by atoms with Crippen LogP contribution in [0.3, 0.4) is 0 Å². The zero-order chi connectivity index (χ0) is 26.3. The number of hydrogen-bond donors (Lipinski definition) is 4. The molecule has 0 atom stereocenters. The number of benzene rings is 2. The maximum absolute atomic E-state index is 3.58. The standard InChI is InChI=1S/C32H54N4/c1-31(2,3)29-15-11-27(12-16-29)25-35-23-9-21-33-19-7-8-20-34-22-10-24-36-26-28-13-17-30(18-14-28)32(4,5)6/h11-18,33-36H,7-10,19-26H2,1-6H3. The molecule has 2 aromatic carbocycles. The smallest absolute Gasteiger partial charge is 0.0205 e. The van der Waals surface area contributed by atoms with Crippen molar-refractivity contribution in [2.75, 3.05) is 39.3 Å². The molecule has 202 valence electrons.